The predicted molar refractivity (Wildman–Crippen MR) is 105 cm³/mol. The van der Waals surface area contributed by atoms with Crippen LogP contribution >= 0.6 is 0 Å². The lowest BCUT2D eigenvalue weighted by molar-refractivity contribution is -0.151. The smallest absolute Gasteiger partial charge is 0.387 e. The van der Waals surface area contributed by atoms with E-state index in [0.717, 1.165) is 11.3 Å². The molecule has 0 saturated carbocycles. The predicted octanol–water partition coefficient (Wildman–Crippen LogP) is 3.10. The number of halogens is 2. The van der Waals surface area contributed by atoms with Gasteiger partial charge in [-0.15, -0.1) is 0 Å². The number of alkyl halides is 2. The lowest BCUT2D eigenvalue weighted by atomic mass is 10.1. The van der Waals surface area contributed by atoms with Crippen LogP contribution in [0.15, 0.2) is 48.5 Å². The van der Waals surface area contributed by atoms with Gasteiger partial charge in [-0.1, -0.05) is 24.3 Å². The molecule has 29 heavy (non-hydrogen) atoms. The summed E-state index contributed by atoms with van der Waals surface area (Å²) in [4.78, 5) is 27.6. The normalized spacial score (nSPS) is 10.6. The van der Waals surface area contributed by atoms with Gasteiger partial charge in [0.2, 0.25) is 0 Å². The van der Waals surface area contributed by atoms with Crippen molar-refractivity contribution < 1.29 is 27.8 Å². The van der Waals surface area contributed by atoms with Crippen LogP contribution in [0.2, 0.25) is 0 Å². The number of ether oxygens (including phenoxy) is 2. The average Bonchev–Trinajstić information content (AvgIpc) is 2.67. The van der Waals surface area contributed by atoms with Crippen LogP contribution in [-0.2, 0) is 27.3 Å². The minimum absolute atomic E-state index is 0.00698. The Hall–Kier alpha value is -3.16. The molecule has 0 aliphatic carbocycles. The number of nitrogens with zero attached hydrogens (tertiary/aromatic N) is 2. The number of hydrogen-bond donors (Lipinski definition) is 0. The Balaban J connectivity index is 1.77. The quantitative estimate of drug-likeness (QED) is 0.599. The second-order valence-electron chi connectivity index (χ2n) is 6.67. The highest BCUT2D eigenvalue weighted by Gasteiger charge is 2.13. The molecule has 0 atom stereocenters. The van der Waals surface area contributed by atoms with Crippen LogP contribution in [0.5, 0.6) is 5.75 Å². The summed E-state index contributed by atoms with van der Waals surface area (Å²) in [6.45, 7) is -2.87. The number of rotatable bonds is 9. The molecule has 0 aliphatic rings. The Kier molecular flexibility index (Phi) is 7.94. The van der Waals surface area contributed by atoms with E-state index in [1.165, 1.54) is 29.2 Å². The molecule has 0 radical (unpaired) electrons. The summed E-state index contributed by atoms with van der Waals surface area (Å²) in [7, 11) is 5.53. The zero-order valence-corrected chi connectivity index (χ0v) is 16.6. The van der Waals surface area contributed by atoms with Crippen molar-refractivity contribution in [2.24, 2.45) is 0 Å². The number of carbonyl (C=O) groups excluding carboxylic acids is 2. The fraction of sp³-hybridized carbons (Fsp3) is 0.333. The second kappa shape index (κ2) is 10.4. The van der Waals surface area contributed by atoms with E-state index in [1.54, 1.807) is 7.05 Å². The molecule has 0 aromatic heterocycles. The zero-order valence-electron chi connectivity index (χ0n) is 16.6. The van der Waals surface area contributed by atoms with Gasteiger partial charge in [0, 0.05) is 33.4 Å². The Morgan fingerprint density at radius 1 is 0.931 bits per heavy atom. The molecule has 2 aromatic rings. The topological polar surface area (TPSA) is 59.1 Å². The van der Waals surface area contributed by atoms with E-state index in [0.29, 0.717) is 12.1 Å². The maximum absolute atomic E-state index is 12.2. The molecule has 0 aliphatic heterocycles. The van der Waals surface area contributed by atoms with Crippen molar-refractivity contribution in [3.63, 3.8) is 0 Å². The van der Waals surface area contributed by atoms with Crippen molar-refractivity contribution in [2.45, 2.75) is 19.6 Å². The number of anilines is 1. The van der Waals surface area contributed by atoms with Gasteiger partial charge in [0.15, 0.2) is 6.61 Å². The van der Waals surface area contributed by atoms with Gasteiger partial charge in [-0.25, -0.2) is 0 Å². The van der Waals surface area contributed by atoms with Crippen LogP contribution in [0, 0.1) is 0 Å². The Labute approximate surface area is 168 Å². The van der Waals surface area contributed by atoms with Gasteiger partial charge in [-0.3, -0.25) is 9.59 Å². The second-order valence-corrected chi connectivity index (χ2v) is 6.67. The minimum atomic E-state index is -2.90. The maximum Gasteiger partial charge on any atom is 0.387 e. The zero-order chi connectivity index (χ0) is 21.4. The molecule has 0 spiro atoms. The summed E-state index contributed by atoms with van der Waals surface area (Å²) in [5, 5.41) is 0. The first-order valence-electron chi connectivity index (χ1n) is 8.94. The molecular formula is C21H24F2N2O4. The van der Waals surface area contributed by atoms with Crippen LogP contribution in [-0.4, -0.2) is 51.1 Å². The summed E-state index contributed by atoms with van der Waals surface area (Å²) in [5.41, 5.74) is 2.59. The molecular weight excluding hydrogens is 382 g/mol. The van der Waals surface area contributed by atoms with E-state index in [9.17, 15) is 18.4 Å². The number of esters is 1. The van der Waals surface area contributed by atoms with Gasteiger partial charge in [-0.2, -0.15) is 8.78 Å². The molecule has 8 heteroatoms. The fourth-order valence-electron chi connectivity index (χ4n) is 2.52. The molecule has 6 nitrogen and oxygen atoms in total. The summed E-state index contributed by atoms with van der Waals surface area (Å²) in [6, 6.07) is 13.5. The number of likely N-dealkylation sites (N-methyl/N-ethyl adjacent to an activating group) is 1. The van der Waals surface area contributed by atoms with Crippen molar-refractivity contribution in [1.82, 2.24) is 4.90 Å². The lowest BCUT2D eigenvalue weighted by Crippen LogP contribution is -2.31. The molecule has 0 heterocycles. The lowest BCUT2D eigenvalue weighted by Gasteiger charge is -2.18. The van der Waals surface area contributed by atoms with Crippen molar-refractivity contribution in [3.8, 4) is 5.75 Å². The summed E-state index contributed by atoms with van der Waals surface area (Å²) in [6.07, 6.45) is -0.0715. The fourth-order valence-corrected chi connectivity index (χ4v) is 2.52. The largest absolute Gasteiger partial charge is 0.455 e. The molecule has 0 fully saturated rings. The highest BCUT2D eigenvalue weighted by atomic mass is 19.3. The standard InChI is InChI=1S/C21H24F2N2O4/c1-24(2)17-8-4-16(5-9-17)13-25(3)19(26)14-28-20(27)12-15-6-10-18(11-7-15)29-21(22)23/h4-11,21H,12-14H2,1-3H3. The first kappa shape index (κ1) is 22.1. The van der Waals surface area contributed by atoms with Gasteiger partial charge in [0.05, 0.1) is 6.42 Å². The number of carbonyl (C=O) groups is 2. The van der Waals surface area contributed by atoms with E-state index in [1.807, 2.05) is 43.3 Å². The number of benzene rings is 2. The Morgan fingerprint density at radius 2 is 1.52 bits per heavy atom. The molecule has 2 rings (SSSR count). The molecule has 0 bridgehead atoms. The van der Waals surface area contributed by atoms with Crippen LogP contribution < -0.4 is 9.64 Å². The van der Waals surface area contributed by atoms with Gasteiger partial charge in [0.25, 0.3) is 5.91 Å². The molecule has 1 amide bonds. The average molecular weight is 406 g/mol. The maximum atomic E-state index is 12.2. The third-order valence-electron chi connectivity index (χ3n) is 4.15. The van der Waals surface area contributed by atoms with Crippen LogP contribution in [0.1, 0.15) is 11.1 Å². The minimum Gasteiger partial charge on any atom is -0.455 e. The molecule has 0 N–H and O–H groups in total. The van der Waals surface area contributed by atoms with E-state index in [2.05, 4.69) is 4.74 Å². The van der Waals surface area contributed by atoms with Crippen molar-refractivity contribution in [1.29, 1.82) is 0 Å². The van der Waals surface area contributed by atoms with Crippen molar-refractivity contribution in [2.75, 3.05) is 32.6 Å². The number of hydrogen-bond acceptors (Lipinski definition) is 5. The van der Waals surface area contributed by atoms with Gasteiger partial charge in [-0.05, 0) is 35.4 Å². The van der Waals surface area contributed by atoms with Crippen molar-refractivity contribution >= 4 is 17.6 Å². The van der Waals surface area contributed by atoms with E-state index >= 15 is 0 Å². The monoisotopic (exact) mass is 406 g/mol. The van der Waals surface area contributed by atoms with Crippen molar-refractivity contribution in [3.05, 3.63) is 59.7 Å². The summed E-state index contributed by atoms with van der Waals surface area (Å²) < 4.78 is 33.5. The Morgan fingerprint density at radius 3 is 2.07 bits per heavy atom. The summed E-state index contributed by atoms with van der Waals surface area (Å²) in [5.74, 6) is -0.895. The third-order valence-corrected chi connectivity index (χ3v) is 4.15. The highest BCUT2D eigenvalue weighted by Crippen LogP contribution is 2.16. The molecule has 156 valence electrons. The SMILES string of the molecule is CN(Cc1ccc(N(C)C)cc1)C(=O)COC(=O)Cc1ccc(OC(F)F)cc1. The van der Waals surface area contributed by atoms with E-state index < -0.39 is 12.6 Å². The summed E-state index contributed by atoms with van der Waals surface area (Å²) >= 11 is 0. The van der Waals surface area contributed by atoms with E-state index in [4.69, 9.17) is 4.74 Å². The number of amides is 1. The van der Waals surface area contributed by atoms with Gasteiger partial charge >= 0.3 is 12.6 Å². The first-order chi connectivity index (χ1) is 13.7. The van der Waals surface area contributed by atoms with Crippen LogP contribution in [0.3, 0.4) is 0 Å². The van der Waals surface area contributed by atoms with Gasteiger partial charge in [0.1, 0.15) is 5.75 Å². The molecule has 2 aromatic carbocycles. The van der Waals surface area contributed by atoms with Crippen LogP contribution in [0.4, 0.5) is 14.5 Å². The van der Waals surface area contributed by atoms with Gasteiger partial charge < -0.3 is 19.3 Å². The molecule has 0 saturated heterocycles. The molecule has 0 unspecified atom stereocenters. The highest BCUT2D eigenvalue weighted by molar-refractivity contribution is 5.81. The first-order valence-corrected chi connectivity index (χ1v) is 8.94. The Bertz CT molecular complexity index is 808. The third kappa shape index (κ3) is 7.40. The van der Waals surface area contributed by atoms with E-state index in [-0.39, 0.29) is 24.7 Å². The van der Waals surface area contributed by atoms with Crippen LogP contribution in [0.25, 0.3) is 0 Å².